The molecule has 28 heavy (non-hydrogen) atoms. The number of nitro groups is 1. The van der Waals surface area contributed by atoms with Gasteiger partial charge in [0.2, 0.25) is 0 Å². The first-order valence-electron chi connectivity index (χ1n) is 8.99. The van der Waals surface area contributed by atoms with Crippen LogP contribution in [0.4, 0.5) is 5.69 Å². The Morgan fingerprint density at radius 2 is 1.96 bits per heavy atom. The summed E-state index contributed by atoms with van der Waals surface area (Å²) in [6.07, 6.45) is 4.97. The van der Waals surface area contributed by atoms with Crippen molar-refractivity contribution >= 4 is 17.5 Å². The highest BCUT2D eigenvalue weighted by atomic mass is 16.6. The summed E-state index contributed by atoms with van der Waals surface area (Å²) in [4.78, 5) is 22.8. The minimum absolute atomic E-state index is 0.0978. The monoisotopic (exact) mass is 378 g/mol. The molecule has 2 heterocycles. The molecule has 0 aliphatic heterocycles. The van der Waals surface area contributed by atoms with Gasteiger partial charge in [0.25, 0.3) is 5.69 Å². The topological polar surface area (TPSA) is 83.0 Å². The van der Waals surface area contributed by atoms with Crippen LogP contribution in [0.25, 0.3) is 11.9 Å². The molecule has 0 N–H and O–H groups in total. The minimum atomic E-state index is -0.508. The van der Waals surface area contributed by atoms with Crippen LogP contribution in [0, 0.1) is 24.0 Å². The molecular formula is C21H22N4O3. The van der Waals surface area contributed by atoms with Crippen LogP contribution in [0.1, 0.15) is 47.2 Å². The van der Waals surface area contributed by atoms with E-state index in [-0.39, 0.29) is 23.1 Å². The van der Waals surface area contributed by atoms with Crippen molar-refractivity contribution in [3.05, 3.63) is 81.3 Å². The van der Waals surface area contributed by atoms with Gasteiger partial charge in [-0.25, -0.2) is 4.68 Å². The molecule has 2 aromatic heterocycles. The van der Waals surface area contributed by atoms with Crippen LogP contribution in [0.15, 0.2) is 48.7 Å². The molecule has 0 saturated heterocycles. The number of ketones is 1. The van der Waals surface area contributed by atoms with E-state index in [0.717, 1.165) is 22.8 Å². The highest BCUT2D eigenvalue weighted by Gasteiger charge is 2.15. The normalized spacial score (nSPS) is 11.5. The van der Waals surface area contributed by atoms with Crippen molar-refractivity contribution < 1.29 is 9.72 Å². The zero-order chi connectivity index (χ0) is 20.4. The molecule has 0 amide bonds. The number of rotatable bonds is 6. The van der Waals surface area contributed by atoms with Crippen LogP contribution in [-0.2, 0) is 0 Å². The number of carbonyl (C=O) groups excluding carboxylic acids is 1. The van der Waals surface area contributed by atoms with Crippen molar-refractivity contribution in [1.82, 2.24) is 14.3 Å². The van der Waals surface area contributed by atoms with E-state index in [2.05, 4.69) is 23.5 Å². The molecular weight excluding hydrogens is 356 g/mol. The van der Waals surface area contributed by atoms with Crippen LogP contribution in [0.5, 0.6) is 0 Å². The van der Waals surface area contributed by atoms with Gasteiger partial charge < -0.3 is 4.57 Å². The number of hydrogen-bond acceptors (Lipinski definition) is 4. The predicted molar refractivity (Wildman–Crippen MR) is 108 cm³/mol. The highest BCUT2D eigenvalue weighted by Crippen LogP contribution is 2.24. The molecule has 0 saturated carbocycles. The summed E-state index contributed by atoms with van der Waals surface area (Å²) in [5.41, 5.74) is 3.12. The maximum Gasteiger partial charge on any atom is 0.270 e. The van der Waals surface area contributed by atoms with Crippen molar-refractivity contribution in [2.45, 2.75) is 33.7 Å². The number of benzene rings is 1. The molecule has 7 nitrogen and oxygen atoms in total. The van der Waals surface area contributed by atoms with E-state index in [1.54, 1.807) is 18.3 Å². The van der Waals surface area contributed by atoms with Crippen LogP contribution in [0.3, 0.4) is 0 Å². The smallest absolute Gasteiger partial charge is 0.270 e. The lowest BCUT2D eigenvalue weighted by molar-refractivity contribution is -0.384. The lowest BCUT2D eigenvalue weighted by Crippen LogP contribution is -2.11. The fourth-order valence-corrected chi connectivity index (χ4v) is 3.23. The molecule has 144 valence electrons. The summed E-state index contributed by atoms with van der Waals surface area (Å²) < 4.78 is 4.05. The Morgan fingerprint density at radius 3 is 2.64 bits per heavy atom. The van der Waals surface area contributed by atoms with Crippen LogP contribution in [0.2, 0.25) is 0 Å². The average Bonchev–Trinajstić information content (AvgIpc) is 3.24. The van der Waals surface area contributed by atoms with Gasteiger partial charge in [0.15, 0.2) is 5.78 Å². The van der Waals surface area contributed by atoms with E-state index >= 15 is 0 Å². The van der Waals surface area contributed by atoms with Crippen molar-refractivity contribution in [3.63, 3.8) is 0 Å². The summed E-state index contributed by atoms with van der Waals surface area (Å²) in [7, 11) is 0. The first kappa shape index (κ1) is 19.3. The zero-order valence-electron chi connectivity index (χ0n) is 16.3. The minimum Gasteiger partial charge on any atom is -0.303 e. The Hall–Kier alpha value is -3.48. The second-order valence-electron chi connectivity index (χ2n) is 6.89. The first-order chi connectivity index (χ1) is 13.3. The lowest BCUT2D eigenvalue weighted by atomic mass is 10.1. The Labute approximate surface area is 163 Å². The summed E-state index contributed by atoms with van der Waals surface area (Å²) in [6, 6.07) is 9.93. The highest BCUT2D eigenvalue weighted by molar-refractivity contribution is 6.07. The quantitative estimate of drug-likeness (QED) is 0.270. The molecule has 0 fully saturated rings. The van der Waals surface area contributed by atoms with E-state index in [9.17, 15) is 14.9 Å². The average molecular weight is 378 g/mol. The summed E-state index contributed by atoms with van der Waals surface area (Å²) in [6.45, 7) is 8.14. The standard InChI is InChI=1S/C21H22N4O3/c1-14(2)24-21(10-11-22-24)23-15(3)12-17(16(23)4)8-9-20(26)18-6-5-7-19(13-18)25(27)28/h5-14H,1-4H3/b9-8+. The van der Waals surface area contributed by atoms with Gasteiger partial charge in [-0.3, -0.25) is 14.9 Å². The van der Waals surface area contributed by atoms with Gasteiger partial charge in [-0.05, 0) is 51.5 Å². The number of aromatic nitrogens is 3. The molecule has 3 aromatic rings. The third kappa shape index (κ3) is 3.64. The van der Waals surface area contributed by atoms with Gasteiger partial charge in [0.1, 0.15) is 5.82 Å². The molecule has 0 bridgehead atoms. The second-order valence-corrected chi connectivity index (χ2v) is 6.89. The molecule has 0 radical (unpaired) electrons. The molecule has 3 rings (SSSR count). The Balaban J connectivity index is 1.92. The summed E-state index contributed by atoms with van der Waals surface area (Å²) >= 11 is 0. The van der Waals surface area contributed by atoms with E-state index in [1.807, 2.05) is 30.7 Å². The number of allylic oxidation sites excluding steroid dienone is 1. The first-order valence-corrected chi connectivity index (χ1v) is 8.99. The number of carbonyl (C=O) groups is 1. The molecule has 0 unspecified atom stereocenters. The Bertz CT molecular complexity index is 1070. The van der Waals surface area contributed by atoms with Crippen LogP contribution in [-0.4, -0.2) is 25.1 Å². The number of aryl methyl sites for hydroxylation is 1. The van der Waals surface area contributed by atoms with Crippen LogP contribution >= 0.6 is 0 Å². The molecule has 0 spiro atoms. The SMILES string of the molecule is Cc1cc(/C=C/C(=O)c2cccc([N+](=O)[O-])c2)c(C)n1-c1ccnn1C(C)C. The van der Waals surface area contributed by atoms with E-state index in [1.165, 1.54) is 24.3 Å². The molecule has 0 aliphatic rings. The van der Waals surface area contributed by atoms with Crippen molar-refractivity contribution in [2.75, 3.05) is 0 Å². The van der Waals surface area contributed by atoms with Crippen molar-refractivity contribution in [1.29, 1.82) is 0 Å². The Kier molecular flexibility index (Phi) is 5.26. The fraction of sp³-hybridized carbons (Fsp3) is 0.238. The van der Waals surface area contributed by atoms with Crippen molar-refractivity contribution in [2.24, 2.45) is 0 Å². The van der Waals surface area contributed by atoms with E-state index < -0.39 is 4.92 Å². The van der Waals surface area contributed by atoms with Crippen LogP contribution < -0.4 is 0 Å². The summed E-state index contributed by atoms with van der Waals surface area (Å²) in [5.74, 6) is 0.690. The molecule has 0 aliphatic carbocycles. The van der Waals surface area contributed by atoms with Gasteiger partial charge in [0.05, 0.1) is 11.1 Å². The van der Waals surface area contributed by atoms with E-state index in [4.69, 9.17) is 0 Å². The molecule has 7 heteroatoms. The third-order valence-corrected chi connectivity index (χ3v) is 4.59. The third-order valence-electron chi connectivity index (χ3n) is 4.59. The fourth-order valence-electron chi connectivity index (χ4n) is 3.23. The number of non-ortho nitro benzene ring substituents is 1. The predicted octanol–water partition coefficient (Wildman–Crippen LogP) is 4.68. The van der Waals surface area contributed by atoms with Crippen molar-refractivity contribution in [3.8, 4) is 5.82 Å². The van der Waals surface area contributed by atoms with Gasteiger partial charge in [-0.2, -0.15) is 5.10 Å². The largest absolute Gasteiger partial charge is 0.303 e. The number of nitrogens with zero attached hydrogens (tertiary/aromatic N) is 4. The van der Waals surface area contributed by atoms with Gasteiger partial charge >= 0.3 is 0 Å². The lowest BCUT2D eigenvalue weighted by Gasteiger charge is -2.15. The number of hydrogen-bond donors (Lipinski definition) is 0. The number of nitro benzene ring substituents is 1. The molecule has 1 aromatic carbocycles. The van der Waals surface area contributed by atoms with Gasteiger partial charge in [0, 0.05) is 41.2 Å². The maximum atomic E-state index is 12.4. The van der Waals surface area contributed by atoms with Gasteiger partial charge in [-0.1, -0.05) is 12.1 Å². The maximum absolute atomic E-state index is 12.4. The zero-order valence-corrected chi connectivity index (χ0v) is 16.3. The Morgan fingerprint density at radius 1 is 1.21 bits per heavy atom. The van der Waals surface area contributed by atoms with E-state index in [0.29, 0.717) is 0 Å². The second kappa shape index (κ2) is 7.64. The van der Waals surface area contributed by atoms with Gasteiger partial charge in [-0.15, -0.1) is 0 Å². The summed E-state index contributed by atoms with van der Waals surface area (Å²) in [5, 5.41) is 15.3. The molecule has 0 atom stereocenters.